The lowest BCUT2D eigenvalue weighted by Crippen LogP contribution is -2.45. The topological polar surface area (TPSA) is 63.6 Å². The lowest BCUT2D eigenvalue weighted by molar-refractivity contribution is -0.266. The molecule has 1 unspecified atom stereocenters. The zero-order valence-corrected chi connectivity index (χ0v) is 12.3. The van der Waals surface area contributed by atoms with Crippen molar-refractivity contribution in [2.24, 2.45) is 5.92 Å². The molecule has 8 heteroatoms. The van der Waals surface area contributed by atoms with Crippen LogP contribution in [0, 0.1) is 5.92 Å². The molecule has 0 aliphatic rings. The number of carbonyl (C=O) groups is 2. The molecule has 4 nitrogen and oxygen atoms in total. The van der Waals surface area contributed by atoms with E-state index in [-0.39, 0.29) is 11.5 Å². The molecule has 0 spiro atoms. The van der Waals surface area contributed by atoms with Crippen LogP contribution in [0.5, 0.6) is 0 Å². The smallest absolute Gasteiger partial charge is 0.422 e. The predicted octanol–water partition coefficient (Wildman–Crippen LogP) is 2.66. The van der Waals surface area contributed by atoms with Crippen LogP contribution in [0.4, 0.5) is 13.2 Å². The van der Waals surface area contributed by atoms with Crippen LogP contribution in [0.15, 0.2) is 17.5 Å². The summed E-state index contributed by atoms with van der Waals surface area (Å²) in [6, 6.07) is 2.44. The Hall–Kier alpha value is -1.41. The molecule has 0 radical (unpaired) electrons. The van der Waals surface area contributed by atoms with Gasteiger partial charge in [0.2, 0.25) is 5.60 Å². The molecule has 1 aromatic rings. The second-order valence-corrected chi connectivity index (χ2v) is 5.40. The fourth-order valence-electron chi connectivity index (χ4n) is 1.64. The lowest BCUT2D eigenvalue weighted by Gasteiger charge is -2.29. The van der Waals surface area contributed by atoms with Gasteiger partial charge in [-0.25, -0.2) is 0 Å². The average molecular weight is 324 g/mol. The molecule has 118 valence electrons. The Morgan fingerprint density at radius 3 is 2.48 bits per heavy atom. The number of hydrogen-bond acceptors (Lipinski definition) is 5. The standard InChI is InChI=1S/C13H15F3O4S/c1-3-20-11(18)8(2)9(17)7-12(19,13(14,15)16)10-5-4-6-21-10/h4-6,8,19H,3,7H2,1-2H3/t8-,12?/m0/s1. The van der Waals surface area contributed by atoms with Crippen molar-refractivity contribution in [2.75, 3.05) is 6.61 Å². The van der Waals surface area contributed by atoms with Gasteiger partial charge in [0, 0.05) is 4.88 Å². The van der Waals surface area contributed by atoms with Crippen molar-refractivity contribution in [3.05, 3.63) is 22.4 Å². The van der Waals surface area contributed by atoms with Crippen molar-refractivity contribution in [2.45, 2.75) is 32.0 Å². The summed E-state index contributed by atoms with van der Waals surface area (Å²) in [6.45, 7) is 2.70. The number of esters is 1. The maximum absolute atomic E-state index is 13.1. The molecule has 0 saturated heterocycles. The number of ether oxygens (including phenoxy) is 1. The minimum atomic E-state index is -5.03. The number of halogens is 3. The highest BCUT2D eigenvalue weighted by Crippen LogP contribution is 2.44. The third-order valence-corrected chi connectivity index (χ3v) is 3.97. The molecule has 1 N–H and O–H groups in total. The van der Waals surface area contributed by atoms with Crippen LogP contribution >= 0.6 is 11.3 Å². The molecule has 0 bridgehead atoms. The molecule has 1 rings (SSSR count). The predicted molar refractivity (Wildman–Crippen MR) is 69.7 cm³/mol. The van der Waals surface area contributed by atoms with E-state index in [1.165, 1.54) is 18.4 Å². The van der Waals surface area contributed by atoms with Gasteiger partial charge in [0.15, 0.2) is 0 Å². The van der Waals surface area contributed by atoms with Gasteiger partial charge < -0.3 is 9.84 Å². The zero-order chi connectivity index (χ0) is 16.3. The lowest BCUT2D eigenvalue weighted by atomic mass is 9.89. The van der Waals surface area contributed by atoms with Crippen molar-refractivity contribution >= 4 is 23.1 Å². The normalized spacial score (nSPS) is 16.1. The first-order chi connectivity index (χ1) is 9.63. The Morgan fingerprint density at radius 2 is 2.05 bits per heavy atom. The third-order valence-electron chi connectivity index (χ3n) is 2.95. The molecular weight excluding hydrogens is 309 g/mol. The zero-order valence-electron chi connectivity index (χ0n) is 11.4. The maximum atomic E-state index is 13.1. The molecule has 0 fully saturated rings. The van der Waals surface area contributed by atoms with E-state index in [1.54, 1.807) is 0 Å². The molecule has 1 heterocycles. The van der Waals surface area contributed by atoms with Crippen LogP contribution in [0.2, 0.25) is 0 Å². The quantitative estimate of drug-likeness (QED) is 0.645. The molecule has 0 saturated carbocycles. The van der Waals surface area contributed by atoms with Crippen LogP contribution in [0.1, 0.15) is 25.1 Å². The van der Waals surface area contributed by atoms with Crippen molar-refractivity contribution in [3.8, 4) is 0 Å². The van der Waals surface area contributed by atoms with E-state index >= 15 is 0 Å². The van der Waals surface area contributed by atoms with Gasteiger partial charge >= 0.3 is 12.1 Å². The third kappa shape index (κ3) is 3.82. The summed E-state index contributed by atoms with van der Waals surface area (Å²) in [5, 5.41) is 11.3. The maximum Gasteiger partial charge on any atom is 0.422 e. The van der Waals surface area contributed by atoms with E-state index in [0.29, 0.717) is 11.3 Å². The summed E-state index contributed by atoms with van der Waals surface area (Å²) < 4.78 is 44.0. The van der Waals surface area contributed by atoms with Crippen LogP contribution in [0.3, 0.4) is 0 Å². The number of carbonyl (C=O) groups excluding carboxylic acids is 2. The number of thiophene rings is 1. The van der Waals surface area contributed by atoms with E-state index in [1.807, 2.05) is 0 Å². The van der Waals surface area contributed by atoms with Gasteiger partial charge in [-0.05, 0) is 25.3 Å². The highest BCUT2D eigenvalue weighted by Gasteiger charge is 2.57. The summed E-state index contributed by atoms with van der Waals surface area (Å²) in [6.07, 6.45) is -6.25. The van der Waals surface area contributed by atoms with E-state index in [9.17, 15) is 27.9 Å². The van der Waals surface area contributed by atoms with E-state index in [4.69, 9.17) is 0 Å². The van der Waals surface area contributed by atoms with Gasteiger partial charge in [0.1, 0.15) is 11.7 Å². The number of alkyl halides is 3. The minimum absolute atomic E-state index is 0.0188. The van der Waals surface area contributed by atoms with Crippen molar-refractivity contribution in [3.63, 3.8) is 0 Å². The van der Waals surface area contributed by atoms with Gasteiger partial charge in [-0.3, -0.25) is 9.59 Å². The number of hydrogen-bond donors (Lipinski definition) is 1. The summed E-state index contributed by atoms with van der Waals surface area (Å²) in [4.78, 5) is 22.9. The van der Waals surface area contributed by atoms with E-state index < -0.39 is 35.9 Å². The Kier molecular flexibility index (Phi) is 5.52. The Labute approximate surface area is 123 Å². The first kappa shape index (κ1) is 17.6. The number of Topliss-reactive ketones (excluding diaryl/α,β-unsaturated/α-hetero) is 1. The van der Waals surface area contributed by atoms with Crippen LogP contribution in [-0.2, 0) is 19.9 Å². The van der Waals surface area contributed by atoms with Crippen molar-refractivity contribution < 1.29 is 32.6 Å². The molecule has 21 heavy (non-hydrogen) atoms. The summed E-state index contributed by atoms with van der Waals surface area (Å²) in [5.41, 5.74) is -3.29. The first-order valence-electron chi connectivity index (χ1n) is 6.16. The van der Waals surface area contributed by atoms with E-state index in [2.05, 4.69) is 4.74 Å². The fourth-order valence-corrected chi connectivity index (χ4v) is 2.49. The van der Waals surface area contributed by atoms with Crippen LogP contribution < -0.4 is 0 Å². The monoisotopic (exact) mass is 324 g/mol. The van der Waals surface area contributed by atoms with Crippen molar-refractivity contribution in [1.82, 2.24) is 0 Å². The number of rotatable bonds is 6. The molecule has 0 aliphatic heterocycles. The molecule has 1 aromatic heterocycles. The fraction of sp³-hybridized carbons (Fsp3) is 0.538. The SMILES string of the molecule is CCOC(=O)[C@@H](C)C(=O)CC(O)(c1cccs1)C(F)(F)F. The second-order valence-electron chi connectivity index (χ2n) is 4.45. The minimum Gasteiger partial charge on any atom is -0.465 e. The van der Waals surface area contributed by atoms with Gasteiger partial charge in [-0.15, -0.1) is 11.3 Å². The summed E-state index contributed by atoms with van der Waals surface area (Å²) >= 11 is 0.691. The van der Waals surface area contributed by atoms with Gasteiger partial charge in [0.25, 0.3) is 0 Å². The Balaban J connectivity index is 2.99. The van der Waals surface area contributed by atoms with Gasteiger partial charge in [-0.1, -0.05) is 6.07 Å². The number of aliphatic hydroxyl groups is 1. The highest BCUT2D eigenvalue weighted by molar-refractivity contribution is 7.10. The molecule has 0 aliphatic carbocycles. The van der Waals surface area contributed by atoms with Crippen LogP contribution in [-0.4, -0.2) is 29.6 Å². The first-order valence-corrected chi connectivity index (χ1v) is 7.04. The van der Waals surface area contributed by atoms with Crippen LogP contribution in [0.25, 0.3) is 0 Å². The van der Waals surface area contributed by atoms with Gasteiger partial charge in [-0.2, -0.15) is 13.2 Å². The Bertz CT molecular complexity index is 498. The summed E-state index contributed by atoms with van der Waals surface area (Å²) in [5.74, 6) is -3.29. The van der Waals surface area contributed by atoms with Crippen molar-refractivity contribution in [1.29, 1.82) is 0 Å². The van der Waals surface area contributed by atoms with E-state index in [0.717, 1.165) is 13.0 Å². The molecule has 2 atom stereocenters. The highest BCUT2D eigenvalue weighted by atomic mass is 32.1. The summed E-state index contributed by atoms with van der Waals surface area (Å²) in [7, 11) is 0. The van der Waals surface area contributed by atoms with Gasteiger partial charge in [0.05, 0.1) is 13.0 Å². The Morgan fingerprint density at radius 1 is 1.43 bits per heavy atom. The molecule has 0 amide bonds. The second kappa shape index (κ2) is 6.57. The number of ketones is 1. The largest absolute Gasteiger partial charge is 0.465 e. The molecular formula is C13H15F3O4S. The molecule has 0 aromatic carbocycles. The average Bonchev–Trinajstić information content (AvgIpc) is 2.90.